The van der Waals surface area contributed by atoms with Gasteiger partial charge in [0.2, 0.25) is 11.6 Å². The molecule has 1 aliphatic carbocycles. The van der Waals surface area contributed by atoms with Gasteiger partial charge in [-0.1, -0.05) is 49.7 Å². The number of allylic oxidation sites excluding steroid dienone is 2. The largest absolute Gasteiger partial charge is 0.367 e. The Bertz CT molecular complexity index is 1140. The van der Waals surface area contributed by atoms with Crippen LogP contribution in [0, 0.1) is 0 Å². The van der Waals surface area contributed by atoms with Gasteiger partial charge in [-0.2, -0.15) is 0 Å². The third-order valence-corrected chi connectivity index (χ3v) is 7.19. The predicted molar refractivity (Wildman–Crippen MR) is 121 cm³/mol. The number of Topliss-reactive ketones (excluding diaryl/α,β-unsaturated/α-hetero) is 2. The molecule has 2 aromatic carbocycles. The quantitative estimate of drug-likeness (QED) is 0.702. The molecular formula is C24H26N2O4S. The van der Waals surface area contributed by atoms with E-state index in [9.17, 15) is 18.0 Å². The van der Waals surface area contributed by atoms with Gasteiger partial charge in [-0.05, 0) is 43.4 Å². The zero-order chi connectivity index (χ0) is 22.0. The third kappa shape index (κ3) is 4.14. The van der Waals surface area contributed by atoms with Crippen LogP contribution in [0.3, 0.4) is 0 Å². The number of hydrogen-bond acceptors (Lipinski definition) is 5. The molecule has 1 saturated heterocycles. The van der Waals surface area contributed by atoms with Crippen molar-refractivity contribution >= 4 is 27.3 Å². The number of ketones is 2. The lowest BCUT2D eigenvalue weighted by molar-refractivity contribution is 0.0953. The van der Waals surface area contributed by atoms with Crippen LogP contribution >= 0.6 is 0 Å². The summed E-state index contributed by atoms with van der Waals surface area (Å²) in [5.41, 5.74) is 1.87. The van der Waals surface area contributed by atoms with E-state index in [1.54, 1.807) is 35.2 Å². The standard InChI is InChI=1S/C24H26N2O4S/c1-2-3-8-17-11-13-18(14-12-17)25-31(29,30)24-21(26-15-6-7-16-26)22(27)19-9-4-5-10-20(19)23(24)28/h4-5,9-14,25H,2-3,6-8,15-16H2,1H3. The number of nitrogens with zero attached hydrogens (tertiary/aromatic N) is 1. The van der Waals surface area contributed by atoms with Crippen LogP contribution in [0.15, 0.2) is 59.1 Å². The Balaban J connectivity index is 1.73. The fourth-order valence-electron chi connectivity index (χ4n) is 4.14. The molecule has 0 amide bonds. The van der Waals surface area contributed by atoms with Crippen molar-refractivity contribution in [1.82, 2.24) is 4.90 Å². The van der Waals surface area contributed by atoms with Crippen LogP contribution in [-0.2, 0) is 16.4 Å². The Hall–Kier alpha value is -2.93. The lowest BCUT2D eigenvalue weighted by Gasteiger charge is -2.27. The fourth-order valence-corrected chi connectivity index (χ4v) is 5.52. The highest BCUT2D eigenvalue weighted by atomic mass is 32.2. The van der Waals surface area contributed by atoms with Gasteiger partial charge in [0.1, 0.15) is 5.70 Å². The molecule has 0 atom stereocenters. The first-order valence-electron chi connectivity index (χ1n) is 10.7. The van der Waals surface area contributed by atoms with E-state index in [0.29, 0.717) is 18.8 Å². The number of nitrogens with one attached hydrogen (secondary N) is 1. The van der Waals surface area contributed by atoms with Gasteiger partial charge in [-0.25, -0.2) is 8.42 Å². The molecular weight excluding hydrogens is 412 g/mol. The Morgan fingerprint density at radius 3 is 2.13 bits per heavy atom. The molecule has 162 valence electrons. The number of aryl methyl sites for hydroxylation is 1. The number of hydrogen-bond donors (Lipinski definition) is 1. The van der Waals surface area contributed by atoms with Crippen molar-refractivity contribution in [3.63, 3.8) is 0 Å². The Labute approximate surface area is 183 Å². The van der Waals surface area contributed by atoms with Crippen molar-refractivity contribution in [2.24, 2.45) is 0 Å². The van der Waals surface area contributed by atoms with Gasteiger partial charge in [0.25, 0.3) is 10.0 Å². The van der Waals surface area contributed by atoms with Gasteiger partial charge in [0.15, 0.2) is 4.91 Å². The van der Waals surface area contributed by atoms with E-state index in [4.69, 9.17) is 0 Å². The Morgan fingerprint density at radius 2 is 1.52 bits per heavy atom. The van der Waals surface area contributed by atoms with E-state index in [1.807, 2.05) is 12.1 Å². The fraction of sp³-hybridized carbons (Fsp3) is 0.333. The van der Waals surface area contributed by atoms with E-state index in [-0.39, 0.29) is 16.8 Å². The third-order valence-electron chi connectivity index (χ3n) is 5.77. The zero-order valence-electron chi connectivity index (χ0n) is 17.6. The number of benzene rings is 2. The second-order valence-corrected chi connectivity index (χ2v) is 9.60. The van der Waals surface area contributed by atoms with Crippen molar-refractivity contribution in [3.05, 3.63) is 75.8 Å². The summed E-state index contributed by atoms with van der Waals surface area (Å²) < 4.78 is 29.3. The second kappa shape index (κ2) is 8.67. The van der Waals surface area contributed by atoms with Crippen molar-refractivity contribution < 1.29 is 18.0 Å². The lowest BCUT2D eigenvalue weighted by atomic mass is 9.92. The molecule has 0 aromatic heterocycles. The zero-order valence-corrected chi connectivity index (χ0v) is 18.4. The number of likely N-dealkylation sites (tertiary alicyclic amines) is 1. The molecule has 0 bridgehead atoms. The highest BCUT2D eigenvalue weighted by molar-refractivity contribution is 7.97. The SMILES string of the molecule is CCCCc1ccc(NS(=O)(=O)C2=C(N3CCCC3)C(=O)c3ccccc3C2=O)cc1. The first-order chi connectivity index (χ1) is 14.9. The van der Waals surface area contributed by atoms with Crippen LogP contribution in [0.25, 0.3) is 0 Å². The molecule has 2 aromatic rings. The molecule has 2 aliphatic rings. The molecule has 7 heteroatoms. The first kappa shape index (κ1) is 21.3. The summed E-state index contributed by atoms with van der Waals surface area (Å²) in [5.74, 6) is -1.04. The number of sulfonamides is 1. The maximum atomic E-state index is 13.4. The topological polar surface area (TPSA) is 83.6 Å². The molecule has 0 spiro atoms. The van der Waals surface area contributed by atoms with Gasteiger partial charge >= 0.3 is 0 Å². The van der Waals surface area contributed by atoms with Crippen molar-refractivity contribution in [2.45, 2.75) is 39.0 Å². The summed E-state index contributed by atoms with van der Waals surface area (Å²) in [4.78, 5) is 27.8. The minimum absolute atomic E-state index is 0.00624. The van der Waals surface area contributed by atoms with E-state index in [2.05, 4.69) is 11.6 Å². The molecule has 0 radical (unpaired) electrons. The molecule has 31 heavy (non-hydrogen) atoms. The molecule has 6 nitrogen and oxygen atoms in total. The maximum Gasteiger partial charge on any atom is 0.268 e. The minimum Gasteiger partial charge on any atom is -0.367 e. The van der Waals surface area contributed by atoms with E-state index in [1.165, 1.54) is 6.07 Å². The van der Waals surface area contributed by atoms with Crippen molar-refractivity contribution in [1.29, 1.82) is 0 Å². The van der Waals surface area contributed by atoms with Crippen molar-refractivity contribution in [2.75, 3.05) is 17.8 Å². The number of unbranched alkanes of at least 4 members (excludes halogenated alkanes) is 1. The molecule has 1 fully saturated rings. The average Bonchev–Trinajstić information content (AvgIpc) is 3.29. The van der Waals surface area contributed by atoms with Crippen LogP contribution in [0.4, 0.5) is 5.69 Å². The highest BCUT2D eigenvalue weighted by Crippen LogP contribution is 2.33. The normalized spacial score (nSPS) is 16.6. The molecule has 4 rings (SSSR count). The highest BCUT2D eigenvalue weighted by Gasteiger charge is 2.41. The van der Waals surface area contributed by atoms with Crippen molar-refractivity contribution in [3.8, 4) is 0 Å². The predicted octanol–water partition coefficient (Wildman–Crippen LogP) is 4.16. The second-order valence-electron chi connectivity index (χ2n) is 7.98. The van der Waals surface area contributed by atoms with Gasteiger partial charge in [-0.15, -0.1) is 0 Å². The molecule has 1 N–H and O–H groups in total. The monoisotopic (exact) mass is 438 g/mol. The van der Waals surface area contributed by atoms with Gasteiger partial charge in [0.05, 0.1) is 0 Å². The van der Waals surface area contributed by atoms with Crippen LogP contribution < -0.4 is 4.72 Å². The smallest absolute Gasteiger partial charge is 0.268 e. The number of carbonyl (C=O) groups excluding carboxylic acids is 2. The van der Waals surface area contributed by atoms with E-state index >= 15 is 0 Å². The maximum absolute atomic E-state index is 13.4. The summed E-state index contributed by atoms with van der Waals surface area (Å²) >= 11 is 0. The number of anilines is 1. The van der Waals surface area contributed by atoms with Gasteiger partial charge in [0, 0.05) is 29.9 Å². The number of rotatable bonds is 7. The summed E-state index contributed by atoms with van der Waals surface area (Å²) in [5, 5.41) is 0. The van der Waals surface area contributed by atoms with E-state index in [0.717, 1.165) is 37.7 Å². The summed E-state index contributed by atoms with van der Waals surface area (Å²) in [6.07, 6.45) is 4.78. The van der Waals surface area contributed by atoms with Crippen LogP contribution in [0.2, 0.25) is 0 Å². The van der Waals surface area contributed by atoms with Crippen LogP contribution in [-0.4, -0.2) is 38.0 Å². The lowest BCUT2D eigenvalue weighted by Crippen LogP contribution is -2.36. The van der Waals surface area contributed by atoms with Gasteiger partial charge in [-0.3, -0.25) is 14.3 Å². The first-order valence-corrected chi connectivity index (χ1v) is 12.2. The van der Waals surface area contributed by atoms with Crippen LogP contribution in [0.1, 0.15) is 58.9 Å². The Kier molecular flexibility index (Phi) is 5.96. The summed E-state index contributed by atoms with van der Waals surface area (Å²) in [6.45, 7) is 3.23. The van der Waals surface area contributed by atoms with Gasteiger partial charge < -0.3 is 4.90 Å². The number of fused-ring (bicyclic) bond motifs is 1. The average molecular weight is 439 g/mol. The molecule has 1 heterocycles. The minimum atomic E-state index is -4.26. The summed E-state index contributed by atoms with van der Waals surface area (Å²) in [7, 11) is -4.26. The molecule has 0 saturated carbocycles. The van der Waals surface area contributed by atoms with Crippen LogP contribution in [0.5, 0.6) is 0 Å². The van der Waals surface area contributed by atoms with E-state index < -0.39 is 26.5 Å². The number of carbonyl (C=O) groups is 2. The molecule has 0 unspecified atom stereocenters. The Morgan fingerprint density at radius 1 is 0.903 bits per heavy atom. The summed E-state index contributed by atoms with van der Waals surface area (Å²) in [6, 6.07) is 13.6. The molecule has 1 aliphatic heterocycles.